The summed E-state index contributed by atoms with van der Waals surface area (Å²) in [6, 6.07) is 17.1. The number of phenolic OH excluding ortho intramolecular Hbond substituents is 1. The van der Waals surface area contributed by atoms with Crippen LogP contribution in [0.25, 0.3) is 38.8 Å². The topological polar surface area (TPSA) is 63.3 Å². The SMILES string of the molecule is Oc1ccc(-c2cnc3c(-c4ccnc5ccccc45)cnn3c2)cc1. The van der Waals surface area contributed by atoms with Crippen molar-refractivity contribution in [3.63, 3.8) is 0 Å². The first-order valence-corrected chi connectivity index (χ1v) is 8.26. The molecule has 3 heterocycles. The van der Waals surface area contributed by atoms with Gasteiger partial charge in [-0.1, -0.05) is 30.3 Å². The summed E-state index contributed by atoms with van der Waals surface area (Å²) in [5.41, 5.74) is 5.70. The highest BCUT2D eigenvalue weighted by Crippen LogP contribution is 2.30. The molecular formula is C21H14N4O. The molecule has 0 aliphatic carbocycles. The highest BCUT2D eigenvalue weighted by atomic mass is 16.3. The summed E-state index contributed by atoms with van der Waals surface area (Å²) in [6.07, 6.45) is 7.43. The first-order chi connectivity index (χ1) is 12.8. The third-order valence-electron chi connectivity index (χ3n) is 4.50. The molecule has 0 aliphatic rings. The van der Waals surface area contributed by atoms with Crippen LogP contribution < -0.4 is 0 Å². The molecule has 0 saturated carbocycles. The average Bonchev–Trinajstić information content (AvgIpc) is 3.11. The maximum Gasteiger partial charge on any atom is 0.162 e. The van der Waals surface area contributed by atoms with Crippen molar-refractivity contribution in [2.75, 3.05) is 0 Å². The highest BCUT2D eigenvalue weighted by molar-refractivity contribution is 5.97. The fourth-order valence-corrected chi connectivity index (χ4v) is 3.20. The Labute approximate surface area is 149 Å². The molecule has 3 aromatic heterocycles. The molecule has 5 heteroatoms. The Hall–Kier alpha value is -3.73. The quantitative estimate of drug-likeness (QED) is 0.521. The van der Waals surface area contributed by atoms with E-state index in [-0.39, 0.29) is 5.75 Å². The van der Waals surface area contributed by atoms with E-state index in [0.29, 0.717) is 0 Å². The molecule has 0 bridgehead atoms. The summed E-state index contributed by atoms with van der Waals surface area (Å²) >= 11 is 0. The van der Waals surface area contributed by atoms with Gasteiger partial charge < -0.3 is 5.11 Å². The van der Waals surface area contributed by atoms with E-state index in [9.17, 15) is 5.11 Å². The van der Waals surface area contributed by atoms with Gasteiger partial charge in [0.15, 0.2) is 5.65 Å². The van der Waals surface area contributed by atoms with Crippen LogP contribution in [0.4, 0.5) is 0 Å². The van der Waals surface area contributed by atoms with Crippen molar-refractivity contribution in [1.29, 1.82) is 0 Å². The van der Waals surface area contributed by atoms with Crippen LogP contribution in [0.15, 0.2) is 79.4 Å². The zero-order valence-electron chi connectivity index (χ0n) is 13.7. The number of hydrogen-bond donors (Lipinski definition) is 1. The van der Waals surface area contributed by atoms with E-state index in [1.165, 1.54) is 0 Å². The number of fused-ring (bicyclic) bond motifs is 2. The number of aromatic nitrogens is 4. The summed E-state index contributed by atoms with van der Waals surface area (Å²) in [5.74, 6) is 0.244. The van der Waals surface area contributed by atoms with Crippen molar-refractivity contribution in [2.24, 2.45) is 0 Å². The number of para-hydroxylation sites is 1. The van der Waals surface area contributed by atoms with E-state index in [4.69, 9.17) is 0 Å². The molecule has 0 amide bonds. The lowest BCUT2D eigenvalue weighted by molar-refractivity contribution is 0.475. The summed E-state index contributed by atoms with van der Waals surface area (Å²) in [4.78, 5) is 9.07. The smallest absolute Gasteiger partial charge is 0.162 e. The van der Waals surface area contributed by atoms with Crippen molar-refractivity contribution < 1.29 is 5.11 Å². The molecule has 5 nitrogen and oxygen atoms in total. The fourth-order valence-electron chi connectivity index (χ4n) is 3.20. The Bertz CT molecular complexity index is 1240. The molecule has 2 aromatic carbocycles. The van der Waals surface area contributed by atoms with Crippen molar-refractivity contribution in [2.45, 2.75) is 0 Å². The van der Waals surface area contributed by atoms with E-state index in [1.54, 1.807) is 16.6 Å². The number of rotatable bonds is 2. The lowest BCUT2D eigenvalue weighted by atomic mass is 10.0. The van der Waals surface area contributed by atoms with E-state index < -0.39 is 0 Å². The predicted molar refractivity (Wildman–Crippen MR) is 101 cm³/mol. The second-order valence-electron chi connectivity index (χ2n) is 6.09. The van der Waals surface area contributed by atoms with Crippen LogP contribution in [-0.4, -0.2) is 24.7 Å². The first kappa shape index (κ1) is 14.6. The van der Waals surface area contributed by atoms with E-state index in [1.807, 2.05) is 61.2 Å². The number of pyridine rings is 1. The molecule has 0 spiro atoms. The zero-order valence-corrected chi connectivity index (χ0v) is 13.7. The maximum absolute atomic E-state index is 9.45. The Morgan fingerprint density at radius 1 is 0.769 bits per heavy atom. The van der Waals surface area contributed by atoms with Crippen molar-refractivity contribution >= 4 is 16.6 Å². The van der Waals surface area contributed by atoms with Crippen molar-refractivity contribution in [3.05, 3.63) is 79.4 Å². The number of benzene rings is 2. The maximum atomic E-state index is 9.45. The minimum atomic E-state index is 0.244. The third kappa shape index (κ3) is 2.29. The van der Waals surface area contributed by atoms with Gasteiger partial charge in [-0.3, -0.25) is 4.98 Å². The van der Waals surface area contributed by atoms with Crippen LogP contribution in [0, 0.1) is 0 Å². The van der Waals surface area contributed by atoms with Gasteiger partial charge in [-0.15, -0.1) is 0 Å². The van der Waals surface area contributed by atoms with Gasteiger partial charge in [0.05, 0.1) is 11.7 Å². The molecule has 0 fully saturated rings. The van der Waals surface area contributed by atoms with Gasteiger partial charge in [-0.2, -0.15) is 5.10 Å². The standard InChI is InChI=1S/C21H14N4O/c26-16-7-5-14(6-8-16)15-11-23-21-19(12-24-25(21)13-15)17-9-10-22-20-4-2-1-3-18(17)20/h1-13,26H. The van der Waals surface area contributed by atoms with E-state index in [2.05, 4.69) is 21.1 Å². The van der Waals surface area contributed by atoms with E-state index >= 15 is 0 Å². The lowest BCUT2D eigenvalue weighted by Crippen LogP contribution is -1.92. The monoisotopic (exact) mass is 338 g/mol. The number of hydrogen-bond acceptors (Lipinski definition) is 4. The summed E-state index contributed by atoms with van der Waals surface area (Å²) in [7, 11) is 0. The molecule has 0 atom stereocenters. The molecule has 5 rings (SSSR count). The van der Waals surface area contributed by atoms with Crippen LogP contribution in [0.3, 0.4) is 0 Å². The van der Waals surface area contributed by atoms with Crippen LogP contribution in [-0.2, 0) is 0 Å². The molecule has 0 saturated heterocycles. The molecule has 0 aliphatic heterocycles. The molecule has 1 N–H and O–H groups in total. The number of phenols is 1. The van der Waals surface area contributed by atoms with E-state index in [0.717, 1.165) is 38.8 Å². The Morgan fingerprint density at radius 2 is 1.62 bits per heavy atom. The Balaban J connectivity index is 1.67. The zero-order chi connectivity index (χ0) is 17.5. The van der Waals surface area contributed by atoms with Crippen LogP contribution >= 0.6 is 0 Å². The van der Waals surface area contributed by atoms with Gasteiger partial charge in [0.25, 0.3) is 0 Å². The molecule has 26 heavy (non-hydrogen) atoms. The Morgan fingerprint density at radius 3 is 2.50 bits per heavy atom. The minimum absolute atomic E-state index is 0.244. The summed E-state index contributed by atoms with van der Waals surface area (Å²) in [5, 5.41) is 15.0. The first-order valence-electron chi connectivity index (χ1n) is 8.26. The van der Waals surface area contributed by atoms with Crippen LogP contribution in [0.1, 0.15) is 0 Å². The van der Waals surface area contributed by atoms with Crippen molar-refractivity contribution in [3.8, 4) is 28.0 Å². The molecule has 124 valence electrons. The van der Waals surface area contributed by atoms with Gasteiger partial charge in [0.1, 0.15) is 5.75 Å². The third-order valence-corrected chi connectivity index (χ3v) is 4.50. The largest absolute Gasteiger partial charge is 0.508 e. The molecular weight excluding hydrogens is 324 g/mol. The van der Waals surface area contributed by atoms with Gasteiger partial charge in [0, 0.05) is 35.1 Å². The molecule has 5 aromatic rings. The van der Waals surface area contributed by atoms with Gasteiger partial charge in [-0.05, 0) is 35.4 Å². The number of aromatic hydroxyl groups is 1. The normalized spacial score (nSPS) is 11.2. The fraction of sp³-hybridized carbons (Fsp3) is 0. The average molecular weight is 338 g/mol. The van der Waals surface area contributed by atoms with Crippen molar-refractivity contribution in [1.82, 2.24) is 19.6 Å². The second kappa shape index (κ2) is 5.67. The molecule has 0 radical (unpaired) electrons. The van der Waals surface area contributed by atoms with Crippen LogP contribution in [0.2, 0.25) is 0 Å². The Kier molecular flexibility index (Phi) is 3.18. The van der Waals surface area contributed by atoms with Gasteiger partial charge >= 0.3 is 0 Å². The summed E-state index contributed by atoms with van der Waals surface area (Å²) in [6.45, 7) is 0. The second-order valence-corrected chi connectivity index (χ2v) is 6.09. The van der Waals surface area contributed by atoms with Gasteiger partial charge in [-0.25, -0.2) is 9.50 Å². The number of nitrogens with zero attached hydrogens (tertiary/aromatic N) is 4. The van der Waals surface area contributed by atoms with Crippen LogP contribution in [0.5, 0.6) is 5.75 Å². The summed E-state index contributed by atoms with van der Waals surface area (Å²) < 4.78 is 1.78. The predicted octanol–water partition coefficient (Wildman–Crippen LogP) is 4.32. The van der Waals surface area contributed by atoms with Gasteiger partial charge in [0.2, 0.25) is 0 Å². The lowest BCUT2D eigenvalue weighted by Gasteiger charge is -2.05. The highest BCUT2D eigenvalue weighted by Gasteiger charge is 2.12. The minimum Gasteiger partial charge on any atom is -0.508 e. The molecule has 0 unspecified atom stereocenters.